The fourth-order valence-electron chi connectivity index (χ4n) is 10.8. The summed E-state index contributed by atoms with van der Waals surface area (Å²) in [7, 11) is 0. The van der Waals surface area contributed by atoms with E-state index in [1.807, 2.05) is 0 Å². The van der Waals surface area contributed by atoms with Crippen molar-refractivity contribution in [1.29, 1.82) is 0 Å². The highest BCUT2D eigenvalue weighted by atomic mass is 16.7. The number of hydrogen-bond donors (Lipinski definition) is 9. The van der Waals surface area contributed by atoms with Gasteiger partial charge in [-0.1, -0.05) is 262 Å². The van der Waals surface area contributed by atoms with Crippen molar-refractivity contribution in [3.05, 3.63) is 48.6 Å². The predicted molar refractivity (Wildman–Crippen MR) is 323 cm³/mol. The van der Waals surface area contributed by atoms with E-state index in [0.29, 0.717) is 12.8 Å². The van der Waals surface area contributed by atoms with E-state index in [9.17, 15) is 45.6 Å². The summed E-state index contributed by atoms with van der Waals surface area (Å²) in [5, 5.41) is 87.4. The van der Waals surface area contributed by atoms with Crippen LogP contribution in [0.1, 0.15) is 271 Å². The molecule has 12 unspecified atom stereocenters. The second kappa shape index (κ2) is 51.4. The first kappa shape index (κ1) is 74.1. The zero-order valence-corrected chi connectivity index (χ0v) is 50.6. The van der Waals surface area contributed by atoms with Crippen molar-refractivity contribution >= 4 is 5.91 Å². The normalized spacial score (nSPS) is 24.5. The molecule has 0 saturated carbocycles. The Morgan fingerprint density at radius 3 is 1.32 bits per heavy atom. The van der Waals surface area contributed by atoms with Gasteiger partial charge in [0.25, 0.3) is 0 Å². The fraction of sp³-hybridized carbons (Fsp3) is 0.864. The Morgan fingerprint density at radius 1 is 0.463 bits per heavy atom. The average Bonchev–Trinajstić information content (AvgIpc) is 3.46. The largest absolute Gasteiger partial charge is 0.394 e. The Bertz CT molecular complexity index is 1530. The standard InChI is InChI=1S/C66H121NO13/c1-3-5-7-9-11-13-15-17-19-20-21-22-23-24-25-26-27-28-29-30-31-32-33-34-36-38-40-42-44-46-48-50-58(71)67-54(55(70)49-47-45-43-41-39-37-35-18-16-14-12-10-8-6-4-2)53-77-65-63(76)61(74)64(57(52-69)79-65)80-66-62(75)60(73)59(72)56(51-68)78-66/h5,7,11,13,17,19,21-22,54-57,59-66,68-70,72-76H,3-4,6,8-10,12,14-16,18,20,23-53H2,1-2H3,(H,67,71)/b7-5-,13-11-,19-17-,22-21-. The Hall–Kier alpha value is -2.05. The third kappa shape index (κ3) is 35.9. The van der Waals surface area contributed by atoms with E-state index in [4.69, 9.17) is 18.9 Å². The molecule has 0 aliphatic carbocycles. The van der Waals surface area contributed by atoms with Crippen molar-refractivity contribution in [3.63, 3.8) is 0 Å². The lowest BCUT2D eigenvalue weighted by Crippen LogP contribution is -2.65. The third-order valence-electron chi connectivity index (χ3n) is 16.1. The Balaban J connectivity index is 1.64. The molecule has 0 aromatic rings. The number of aliphatic hydroxyl groups excluding tert-OH is 8. The van der Waals surface area contributed by atoms with Gasteiger partial charge in [-0.2, -0.15) is 0 Å². The Kier molecular flexibility index (Phi) is 47.6. The summed E-state index contributed by atoms with van der Waals surface area (Å²) < 4.78 is 22.9. The molecule has 2 fully saturated rings. The van der Waals surface area contributed by atoms with Crippen LogP contribution in [0.2, 0.25) is 0 Å². The highest BCUT2D eigenvalue weighted by Gasteiger charge is 2.51. The maximum atomic E-state index is 13.3. The monoisotopic (exact) mass is 1140 g/mol. The molecule has 0 spiro atoms. The SMILES string of the molecule is CC/C=C\C/C=C\C/C=C\C/C=C\CCCCCCCCCCCCCCCCCCCCC(=O)NC(COC1OC(CO)C(OC2OC(CO)C(O)C(O)C2O)C(O)C1O)C(O)CCCCCCCCCCCCCCCCC. The van der Waals surface area contributed by atoms with E-state index in [0.717, 1.165) is 77.0 Å². The summed E-state index contributed by atoms with van der Waals surface area (Å²) >= 11 is 0. The van der Waals surface area contributed by atoms with Crippen molar-refractivity contribution in [2.75, 3.05) is 19.8 Å². The van der Waals surface area contributed by atoms with Gasteiger partial charge in [-0.3, -0.25) is 4.79 Å². The van der Waals surface area contributed by atoms with Gasteiger partial charge >= 0.3 is 0 Å². The minimum Gasteiger partial charge on any atom is -0.394 e. The van der Waals surface area contributed by atoms with Gasteiger partial charge in [-0.25, -0.2) is 0 Å². The van der Waals surface area contributed by atoms with E-state index in [1.165, 1.54) is 167 Å². The lowest BCUT2D eigenvalue weighted by atomic mass is 9.97. The Labute approximate surface area is 486 Å². The molecule has 2 saturated heterocycles. The molecule has 0 aromatic heterocycles. The first-order chi connectivity index (χ1) is 39.1. The van der Waals surface area contributed by atoms with Crippen molar-refractivity contribution in [1.82, 2.24) is 5.32 Å². The lowest BCUT2D eigenvalue weighted by molar-refractivity contribution is -0.359. The first-order valence-corrected chi connectivity index (χ1v) is 32.9. The number of hydrogen-bond acceptors (Lipinski definition) is 13. The van der Waals surface area contributed by atoms with Crippen molar-refractivity contribution < 1.29 is 64.6 Å². The molecule has 0 bridgehead atoms. The zero-order chi connectivity index (χ0) is 58.1. The Morgan fingerprint density at radius 2 is 0.863 bits per heavy atom. The first-order valence-electron chi connectivity index (χ1n) is 32.9. The maximum absolute atomic E-state index is 13.3. The van der Waals surface area contributed by atoms with Gasteiger partial charge in [-0.05, 0) is 51.4 Å². The molecule has 9 N–H and O–H groups in total. The number of aliphatic hydroxyl groups is 8. The van der Waals surface area contributed by atoms with Gasteiger partial charge in [0.1, 0.15) is 48.8 Å². The number of allylic oxidation sites excluding steroid dienone is 8. The second-order valence-electron chi connectivity index (χ2n) is 23.2. The minimum atomic E-state index is -1.78. The van der Waals surface area contributed by atoms with Crippen LogP contribution >= 0.6 is 0 Å². The van der Waals surface area contributed by atoms with Crippen LogP contribution in [0.15, 0.2) is 48.6 Å². The van der Waals surface area contributed by atoms with Crippen molar-refractivity contribution in [2.24, 2.45) is 0 Å². The molecule has 0 radical (unpaired) electrons. The van der Waals surface area contributed by atoms with Gasteiger partial charge in [0.2, 0.25) is 5.91 Å². The van der Waals surface area contributed by atoms with Crippen LogP contribution in [0.25, 0.3) is 0 Å². The van der Waals surface area contributed by atoms with E-state index in [1.54, 1.807) is 0 Å². The molecular formula is C66H121NO13. The van der Waals surface area contributed by atoms with Crippen LogP contribution < -0.4 is 5.32 Å². The smallest absolute Gasteiger partial charge is 0.220 e. The summed E-state index contributed by atoms with van der Waals surface area (Å²) in [6, 6.07) is -0.828. The molecule has 2 aliphatic heterocycles. The predicted octanol–water partition coefficient (Wildman–Crippen LogP) is 12.3. The highest BCUT2D eigenvalue weighted by Crippen LogP contribution is 2.30. The zero-order valence-electron chi connectivity index (χ0n) is 50.6. The molecule has 2 heterocycles. The highest BCUT2D eigenvalue weighted by molar-refractivity contribution is 5.76. The number of amides is 1. The van der Waals surface area contributed by atoms with E-state index >= 15 is 0 Å². The summed E-state index contributed by atoms with van der Waals surface area (Å²) in [6.45, 7) is 2.77. The van der Waals surface area contributed by atoms with Crippen molar-refractivity contribution in [2.45, 2.75) is 344 Å². The molecule has 1 amide bonds. The summed E-state index contributed by atoms with van der Waals surface area (Å²) in [5.41, 5.74) is 0. The maximum Gasteiger partial charge on any atom is 0.220 e. The number of nitrogens with one attached hydrogen (secondary N) is 1. The third-order valence-corrected chi connectivity index (χ3v) is 16.1. The molecule has 80 heavy (non-hydrogen) atoms. The van der Waals surface area contributed by atoms with Crippen molar-refractivity contribution in [3.8, 4) is 0 Å². The van der Waals surface area contributed by atoms with Gasteiger partial charge in [0.15, 0.2) is 12.6 Å². The van der Waals surface area contributed by atoms with Crippen LogP contribution in [0, 0.1) is 0 Å². The van der Waals surface area contributed by atoms with Gasteiger partial charge in [-0.15, -0.1) is 0 Å². The second-order valence-corrected chi connectivity index (χ2v) is 23.2. The molecule has 12 atom stereocenters. The summed E-state index contributed by atoms with van der Waals surface area (Å²) in [6.07, 6.45) is 48.4. The van der Waals surface area contributed by atoms with Crippen LogP contribution in [-0.2, 0) is 23.7 Å². The van der Waals surface area contributed by atoms with Crippen LogP contribution in [0.4, 0.5) is 0 Å². The number of carbonyl (C=O) groups excluding carboxylic acids is 1. The van der Waals surface area contributed by atoms with Gasteiger partial charge < -0.3 is 65.1 Å². The molecular weight excluding hydrogens is 1010 g/mol. The van der Waals surface area contributed by atoms with Crippen LogP contribution in [0.5, 0.6) is 0 Å². The van der Waals surface area contributed by atoms with Crippen LogP contribution in [0.3, 0.4) is 0 Å². The lowest BCUT2D eigenvalue weighted by Gasteiger charge is -2.46. The molecule has 14 heteroatoms. The topological polar surface area (TPSA) is 228 Å². The van der Waals surface area contributed by atoms with E-state index in [2.05, 4.69) is 67.8 Å². The van der Waals surface area contributed by atoms with Gasteiger partial charge in [0, 0.05) is 6.42 Å². The fourth-order valence-corrected chi connectivity index (χ4v) is 10.8. The number of carbonyl (C=O) groups is 1. The number of unbranched alkanes of at least 4 members (excludes halogenated alkanes) is 32. The minimum absolute atomic E-state index is 0.204. The number of ether oxygens (including phenoxy) is 4. The molecule has 14 nitrogen and oxygen atoms in total. The summed E-state index contributed by atoms with van der Waals surface area (Å²) in [5.74, 6) is -0.204. The quantitative estimate of drug-likeness (QED) is 0.0204. The molecule has 468 valence electrons. The van der Waals surface area contributed by atoms with E-state index in [-0.39, 0.29) is 12.5 Å². The molecule has 2 rings (SSSR count). The van der Waals surface area contributed by atoms with E-state index < -0.39 is 86.8 Å². The van der Waals surface area contributed by atoms with Crippen LogP contribution in [-0.4, -0.2) is 140 Å². The molecule has 2 aliphatic rings. The number of rotatable bonds is 53. The molecule has 0 aromatic carbocycles. The van der Waals surface area contributed by atoms with Gasteiger partial charge in [0.05, 0.1) is 32.0 Å². The average molecular weight is 1140 g/mol. The summed E-state index contributed by atoms with van der Waals surface area (Å²) in [4.78, 5) is 13.3.